The fourth-order valence-corrected chi connectivity index (χ4v) is 6.00. The summed E-state index contributed by atoms with van der Waals surface area (Å²) in [4.78, 5) is 26.3. The highest BCUT2D eigenvalue weighted by molar-refractivity contribution is 6.69. The van der Waals surface area contributed by atoms with Crippen molar-refractivity contribution in [3.63, 3.8) is 0 Å². The van der Waals surface area contributed by atoms with Gasteiger partial charge < -0.3 is 4.43 Å². The minimum atomic E-state index is -1.58. The van der Waals surface area contributed by atoms with Crippen LogP contribution in [0.15, 0.2) is 0 Å². The number of hydrogen-bond donors (Lipinski definition) is 0. The third kappa shape index (κ3) is 2.59. The largest absolute Gasteiger partial charge is 0.414 e. The molecule has 5 unspecified atom stereocenters. The van der Waals surface area contributed by atoms with Gasteiger partial charge in [0.1, 0.15) is 0 Å². The number of amides is 2. The summed E-state index contributed by atoms with van der Waals surface area (Å²) in [7, 11) is 0.0769. The molecule has 0 aromatic carbocycles. The number of carbonyl (C=O) groups is 2. The Morgan fingerprint density at radius 1 is 1.00 bits per heavy atom. The number of hydrogen-bond acceptors (Lipinski definition) is 3. The molecule has 3 rings (SSSR count). The van der Waals surface area contributed by atoms with E-state index in [4.69, 9.17) is 4.43 Å². The van der Waals surface area contributed by atoms with Crippen LogP contribution in [0.25, 0.3) is 0 Å². The first-order valence-electron chi connectivity index (χ1n) is 8.29. The van der Waals surface area contributed by atoms with E-state index >= 15 is 0 Å². The summed E-state index contributed by atoms with van der Waals surface area (Å²) < 4.78 is 6.41. The third-order valence-corrected chi connectivity index (χ3v) is 6.53. The standard InChI is InChI=1S/C16H27NO3Si/c1-17-15(18)11-7-5-6-10-13(20-21(2,3)4)9-8-12(14(10)11)16(17)19/h10-14H,5-9H2,1-4H3. The highest BCUT2D eigenvalue weighted by Gasteiger charge is 2.55. The van der Waals surface area contributed by atoms with Gasteiger partial charge in [0, 0.05) is 25.0 Å². The van der Waals surface area contributed by atoms with E-state index in [1.807, 2.05) is 0 Å². The van der Waals surface area contributed by atoms with Crippen molar-refractivity contribution < 1.29 is 14.0 Å². The Hall–Kier alpha value is -0.683. The van der Waals surface area contributed by atoms with Crippen molar-refractivity contribution in [2.45, 2.75) is 57.8 Å². The van der Waals surface area contributed by atoms with E-state index in [-0.39, 0.29) is 35.7 Å². The van der Waals surface area contributed by atoms with E-state index in [2.05, 4.69) is 19.6 Å². The Balaban J connectivity index is 1.88. The second-order valence-corrected chi connectivity index (χ2v) is 12.4. The summed E-state index contributed by atoms with van der Waals surface area (Å²) in [6.45, 7) is 6.68. The van der Waals surface area contributed by atoms with Crippen LogP contribution in [0, 0.1) is 23.7 Å². The van der Waals surface area contributed by atoms with Gasteiger partial charge in [-0.1, -0.05) is 6.42 Å². The van der Waals surface area contributed by atoms with Gasteiger partial charge in [-0.3, -0.25) is 14.5 Å². The smallest absolute Gasteiger partial charge is 0.232 e. The molecule has 5 atom stereocenters. The van der Waals surface area contributed by atoms with Crippen LogP contribution in [-0.4, -0.2) is 38.2 Å². The molecule has 2 saturated carbocycles. The maximum atomic E-state index is 12.5. The van der Waals surface area contributed by atoms with Crippen LogP contribution in [0.1, 0.15) is 32.1 Å². The highest BCUT2D eigenvalue weighted by Crippen LogP contribution is 2.51. The molecule has 5 heteroatoms. The number of imide groups is 1. The molecule has 3 aliphatic rings. The Kier molecular flexibility index (Phi) is 3.77. The summed E-state index contributed by atoms with van der Waals surface area (Å²) in [6.07, 6.45) is 5.31. The van der Waals surface area contributed by atoms with Gasteiger partial charge in [0.25, 0.3) is 0 Å². The Bertz CT molecular complexity index is 441. The molecule has 21 heavy (non-hydrogen) atoms. The SMILES string of the molecule is CN1C(=O)C2CCCC3C(O[Si](C)(C)C)CCC(C1=O)C23. The minimum absolute atomic E-state index is 0.0552. The van der Waals surface area contributed by atoms with Crippen molar-refractivity contribution in [1.29, 1.82) is 0 Å². The molecule has 118 valence electrons. The van der Waals surface area contributed by atoms with Crippen LogP contribution in [-0.2, 0) is 14.0 Å². The molecule has 2 aliphatic carbocycles. The molecular weight excluding hydrogens is 282 g/mol. The zero-order chi connectivity index (χ0) is 15.4. The van der Waals surface area contributed by atoms with Gasteiger partial charge in [0.05, 0.1) is 0 Å². The number of piperidine rings is 1. The van der Waals surface area contributed by atoms with Gasteiger partial charge in [-0.05, 0) is 57.2 Å². The first-order valence-corrected chi connectivity index (χ1v) is 11.7. The van der Waals surface area contributed by atoms with Crippen molar-refractivity contribution in [2.24, 2.45) is 23.7 Å². The molecule has 1 aliphatic heterocycles. The van der Waals surface area contributed by atoms with Gasteiger partial charge in [0.2, 0.25) is 11.8 Å². The van der Waals surface area contributed by atoms with E-state index in [0.717, 1.165) is 32.1 Å². The van der Waals surface area contributed by atoms with E-state index in [0.29, 0.717) is 5.92 Å². The average Bonchev–Trinajstić information content (AvgIpc) is 2.42. The molecule has 4 nitrogen and oxygen atoms in total. The highest BCUT2D eigenvalue weighted by atomic mass is 28.4. The van der Waals surface area contributed by atoms with Crippen molar-refractivity contribution in [1.82, 2.24) is 4.90 Å². The lowest BCUT2D eigenvalue weighted by atomic mass is 9.57. The van der Waals surface area contributed by atoms with Gasteiger partial charge in [-0.2, -0.15) is 0 Å². The van der Waals surface area contributed by atoms with Gasteiger partial charge in [-0.25, -0.2) is 0 Å². The Morgan fingerprint density at radius 3 is 2.24 bits per heavy atom. The predicted molar refractivity (Wildman–Crippen MR) is 83.0 cm³/mol. The number of rotatable bonds is 2. The zero-order valence-corrected chi connectivity index (χ0v) is 14.6. The molecule has 3 fully saturated rings. The molecule has 0 aromatic heterocycles. The van der Waals surface area contributed by atoms with Crippen molar-refractivity contribution in [3.8, 4) is 0 Å². The van der Waals surface area contributed by atoms with Gasteiger partial charge >= 0.3 is 0 Å². The number of carbonyl (C=O) groups excluding carboxylic acids is 2. The first-order chi connectivity index (χ1) is 9.79. The fraction of sp³-hybridized carbons (Fsp3) is 0.875. The minimum Gasteiger partial charge on any atom is -0.414 e. The maximum Gasteiger partial charge on any atom is 0.232 e. The summed E-state index contributed by atoms with van der Waals surface area (Å²) in [5, 5.41) is 0. The van der Waals surface area contributed by atoms with E-state index in [1.54, 1.807) is 7.05 Å². The van der Waals surface area contributed by atoms with Crippen LogP contribution < -0.4 is 0 Å². The van der Waals surface area contributed by atoms with E-state index in [9.17, 15) is 9.59 Å². The van der Waals surface area contributed by atoms with Crippen LogP contribution in [0.3, 0.4) is 0 Å². The normalized spacial score (nSPS) is 40.2. The van der Waals surface area contributed by atoms with Crippen LogP contribution in [0.2, 0.25) is 19.6 Å². The lowest BCUT2D eigenvalue weighted by Crippen LogP contribution is -2.60. The maximum absolute atomic E-state index is 12.5. The molecule has 0 N–H and O–H groups in total. The second-order valence-electron chi connectivity index (χ2n) is 7.97. The Labute approximate surface area is 128 Å². The van der Waals surface area contributed by atoms with Crippen molar-refractivity contribution in [2.75, 3.05) is 7.05 Å². The summed E-state index contributed by atoms with van der Waals surface area (Å²) in [5.74, 6) is 0.883. The summed E-state index contributed by atoms with van der Waals surface area (Å²) in [5.41, 5.74) is 0. The number of likely N-dealkylation sites (tertiary alicyclic amines) is 1. The first kappa shape index (κ1) is 15.2. The van der Waals surface area contributed by atoms with Crippen LogP contribution >= 0.6 is 0 Å². The lowest BCUT2D eigenvalue weighted by Gasteiger charge is -2.53. The monoisotopic (exact) mass is 309 g/mol. The van der Waals surface area contributed by atoms with Gasteiger partial charge in [-0.15, -0.1) is 0 Å². The molecule has 0 aromatic rings. The topological polar surface area (TPSA) is 46.6 Å². The van der Waals surface area contributed by atoms with Crippen LogP contribution in [0.5, 0.6) is 0 Å². The molecule has 2 amide bonds. The molecule has 1 heterocycles. The summed E-state index contributed by atoms with van der Waals surface area (Å²) >= 11 is 0. The number of nitrogens with zero attached hydrogens (tertiary/aromatic N) is 1. The average molecular weight is 309 g/mol. The van der Waals surface area contributed by atoms with Gasteiger partial charge in [0.15, 0.2) is 8.32 Å². The van der Waals surface area contributed by atoms with Crippen molar-refractivity contribution >= 4 is 20.1 Å². The Morgan fingerprint density at radius 2 is 1.62 bits per heavy atom. The van der Waals surface area contributed by atoms with Crippen molar-refractivity contribution in [3.05, 3.63) is 0 Å². The molecule has 0 spiro atoms. The third-order valence-electron chi connectivity index (χ3n) is 5.52. The second kappa shape index (κ2) is 5.20. The quantitative estimate of drug-likeness (QED) is 0.582. The van der Waals surface area contributed by atoms with Crippen LogP contribution in [0.4, 0.5) is 0 Å². The molecular formula is C16H27NO3Si. The van der Waals surface area contributed by atoms with E-state index in [1.165, 1.54) is 4.90 Å². The fourth-order valence-electron chi connectivity index (χ4n) is 4.80. The molecule has 0 radical (unpaired) electrons. The molecule has 0 bridgehead atoms. The predicted octanol–water partition coefficient (Wildman–Crippen LogP) is 2.65. The summed E-state index contributed by atoms with van der Waals surface area (Å²) in [6, 6.07) is 0. The zero-order valence-electron chi connectivity index (χ0n) is 13.6. The lowest BCUT2D eigenvalue weighted by molar-refractivity contribution is -0.168. The van der Waals surface area contributed by atoms with E-state index < -0.39 is 8.32 Å². The molecule has 1 saturated heterocycles.